The molecule has 0 aliphatic carbocycles. The van der Waals surface area contributed by atoms with Crippen molar-refractivity contribution in [2.75, 3.05) is 0 Å². The van der Waals surface area contributed by atoms with Crippen LogP contribution in [0.15, 0.2) is 24.5 Å². The summed E-state index contributed by atoms with van der Waals surface area (Å²) in [4.78, 5) is 3.66. The highest BCUT2D eigenvalue weighted by Crippen LogP contribution is 1.89. The van der Waals surface area contributed by atoms with Crippen LogP contribution in [0.2, 0.25) is 0 Å². The van der Waals surface area contributed by atoms with Crippen molar-refractivity contribution in [1.29, 1.82) is 0 Å². The fourth-order valence-corrected chi connectivity index (χ4v) is 0.131. The van der Waals surface area contributed by atoms with E-state index in [1.54, 1.807) is 13.0 Å². The van der Waals surface area contributed by atoms with Crippen molar-refractivity contribution in [1.82, 2.24) is 0 Å². The monoisotopic (exact) mass is 100 g/mol. The van der Waals surface area contributed by atoms with Gasteiger partial charge in [0.05, 0.1) is 0 Å². The van der Waals surface area contributed by atoms with Gasteiger partial charge in [-0.25, -0.2) is 5.26 Å². The topological polar surface area (TPSA) is 29.5 Å². The molecule has 0 aliphatic heterocycles. The summed E-state index contributed by atoms with van der Waals surface area (Å²) in [5.41, 5.74) is 0.794. The lowest BCUT2D eigenvalue weighted by Crippen LogP contribution is -1.69. The Kier molecular flexibility index (Phi) is 3.06. The molecule has 0 fully saturated rings. The van der Waals surface area contributed by atoms with Gasteiger partial charge in [0.2, 0.25) is 0 Å². The first-order valence-electron chi connectivity index (χ1n) is 1.90. The van der Waals surface area contributed by atoms with E-state index in [-0.39, 0.29) is 0 Å². The van der Waals surface area contributed by atoms with Gasteiger partial charge in [0, 0.05) is 0 Å². The maximum Gasteiger partial charge on any atom is 0.132 e. The van der Waals surface area contributed by atoms with E-state index in [1.165, 1.54) is 6.26 Å². The normalized spacial score (nSPS) is 10.9. The zero-order valence-corrected chi connectivity index (χ0v) is 4.22. The highest BCUT2D eigenvalue weighted by molar-refractivity contribution is 5.08. The molecule has 40 valence electrons. The van der Waals surface area contributed by atoms with Gasteiger partial charge in [-0.1, -0.05) is 12.7 Å². The van der Waals surface area contributed by atoms with Crippen LogP contribution in [0, 0.1) is 0 Å². The van der Waals surface area contributed by atoms with Gasteiger partial charge in [0.25, 0.3) is 0 Å². The van der Waals surface area contributed by atoms with Crippen molar-refractivity contribution < 1.29 is 10.1 Å². The van der Waals surface area contributed by atoms with Crippen LogP contribution >= 0.6 is 0 Å². The van der Waals surface area contributed by atoms with E-state index in [1.807, 2.05) is 0 Å². The molecule has 0 aliphatic rings. The molecule has 0 spiro atoms. The van der Waals surface area contributed by atoms with Crippen molar-refractivity contribution >= 4 is 0 Å². The number of allylic oxidation sites excluding steroid dienone is 2. The fourth-order valence-electron chi connectivity index (χ4n) is 0.131. The molecule has 0 radical (unpaired) electrons. The summed E-state index contributed by atoms with van der Waals surface area (Å²) in [6.45, 7) is 5.19. The van der Waals surface area contributed by atoms with Gasteiger partial charge < -0.3 is 4.89 Å². The first-order chi connectivity index (χ1) is 3.31. The highest BCUT2D eigenvalue weighted by atomic mass is 17.1. The van der Waals surface area contributed by atoms with E-state index in [9.17, 15) is 0 Å². The van der Waals surface area contributed by atoms with Crippen molar-refractivity contribution in [3.05, 3.63) is 24.5 Å². The zero-order valence-electron chi connectivity index (χ0n) is 4.22. The van der Waals surface area contributed by atoms with Crippen LogP contribution in [0.3, 0.4) is 0 Å². The molecule has 7 heavy (non-hydrogen) atoms. The molecular weight excluding hydrogens is 92.1 g/mol. The van der Waals surface area contributed by atoms with Crippen LogP contribution in [-0.4, -0.2) is 5.26 Å². The third-order valence-corrected chi connectivity index (χ3v) is 0.561. The summed E-state index contributed by atoms with van der Waals surface area (Å²) in [5, 5.41) is 7.74. The first kappa shape index (κ1) is 6.24. The van der Waals surface area contributed by atoms with E-state index in [4.69, 9.17) is 5.26 Å². The van der Waals surface area contributed by atoms with Gasteiger partial charge in [-0.2, -0.15) is 0 Å². The van der Waals surface area contributed by atoms with Crippen LogP contribution in [0.4, 0.5) is 0 Å². The van der Waals surface area contributed by atoms with E-state index in [2.05, 4.69) is 11.5 Å². The minimum absolute atomic E-state index is 0.794. The minimum atomic E-state index is 0.794. The van der Waals surface area contributed by atoms with Gasteiger partial charge >= 0.3 is 0 Å². The molecule has 0 saturated heterocycles. The molecule has 0 bridgehead atoms. The summed E-state index contributed by atoms with van der Waals surface area (Å²) < 4.78 is 0. The zero-order chi connectivity index (χ0) is 5.70. The predicted octanol–water partition coefficient (Wildman–Crippen LogP) is 1.57. The Labute approximate surface area is 42.7 Å². The SMILES string of the molecule is C=C/C(C)=C\OO. The molecule has 2 nitrogen and oxygen atoms in total. The van der Waals surface area contributed by atoms with E-state index >= 15 is 0 Å². The summed E-state index contributed by atoms with van der Waals surface area (Å²) in [6, 6.07) is 0. The van der Waals surface area contributed by atoms with Gasteiger partial charge in [-0.15, -0.1) is 0 Å². The second-order valence-corrected chi connectivity index (χ2v) is 1.17. The largest absolute Gasteiger partial charge is 0.348 e. The molecule has 0 aromatic heterocycles. The van der Waals surface area contributed by atoms with Crippen LogP contribution < -0.4 is 0 Å². The maximum absolute atomic E-state index is 7.74. The van der Waals surface area contributed by atoms with Crippen LogP contribution in [-0.2, 0) is 4.89 Å². The van der Waals surface area contributed by atoms with Crippen molar-refractivity contribution in [3.63, 3.8) is 0 Å². The van der Waals surface area contributed by atoms with Crippen LogP contribution in [0.25, 0.3) is 0 Å². The number of hydrogen-bond donors (Lipinski definition) is 1. The molecule has 0 atom stereocenters. The van der Waals surface area contributed by atoms with Crippen molar-refractivity contribution in [3.8, 4) is 0 Å². The molecular formula is C5H8O2. The predicted molar refractivity (Wildman–Crippen MR) is 27.7 cm³/mol. The van der Waals surface area contributed by atoms with Crippen molar-refractivity contribution in [2.45, 2.75) is 6.92 Å². The van der Waals surface area contributed by atoms with E-state index in [0.717, 1.165) is 5.57 Å². The average Bonchev–Trinajstić information content (AvgIpc) is 1.68. The maximum atomic E-state index is 7.74. The Morgan fingerprint density at radius 2 is 2.43 bits per heavy atom. The smallest absolute Gasteiger partial charge is 0.132 e. The van der Waals surface area contributed by atoms with Gasteiger partial charge in [0.15, 0.2) is 0 Å². The fraction of sp³-hybridized carbons (Fsp3) is 0.200. The van der Waals surface area contributed by atoms with E-state index < -0.39 is 0 Å². The Hall–Kier alpha value is -0.760. The molecule has 0 aromatic rings. The molecule has 0 saturated carbocycles. The van der Waals surface area contributed by atoms with Gasteiger partial charge in [-0.05, 0) is 12.5 Å². The summed E-state index contributed by atoms with van der Waals surface area (Å²) >= 11 is 0. The summed E-state index contributed by atoms with van der Waals surface area (Å²) in [6.07, 6.45) is 2.78. The highest BCUT2D eigenvalue weighted by Gasteiger charge is 1.73. The summed E-state index contributed by atoms with van der Waals surface area (Å²) in [7, 11) is 0. The van der Waals surface area contributed by atoms with Gasteiger partial charge in [0.1, 0.15) is 6.26 Å². The average molecular weight is 100 g/mol. The quantitative estimate of drug-likeness (QED) is 0.247. The third-order valence-electron chi connectivity index (χ3n) is 0.561. The van der Waals surface area contributed by atoms with E-state index in [0.29, 0.717) is 0 Å². The minimum Gasteiger partial charge on any atom is -0.348 e. The summed E-state index contributed by atoms with van der Waals surface area (Å²) in [5.74, 6) is 0. The Morgan fingerprint density at radius 3 is 2.57 bits per heavy atom. The van der Waals surface area contributed by atoms with Crippen LogP contribution in [0.1, 0.15) is 6.92 Å². The standard InChI is InChI=1S/C5H8O2/c1-3-5(2)4-7-6/h3-4,6H,1H2,2H3/b5-4-. The lowest BCUT2D eigenvalue weighted by molar-refractivity contribution is -0.187. The third kappa shape index (κ3) is 3.06. The number of rotatable bonds is 2. The molecule has 0 aromatic carbocycles. The second-order valence-electron chi connectivity index (χ2n) is 1.17. The Balaban J connectivity index is 3.49. The molecule has 0 unspecified atom stereocenters. The van der Waals surface area contributed by atoms with Crippen molar-refractivity contribution in [2.24, 2.45) is 0 Å². The lowest BCUT2D eigenvalue weighted by atomic mass is 10.3. The number of hydrogen-bond acceptors (Lipinski definition) is 2. The van der Waals surface area contributed by atoms with Gasteiger partial charge in [-0.3, -0.25) is 0 Å². The molecule has 0 heterocycles. The Bertz CT molecular complexity index is 84.1. The van der Waals surface area contributed by atoms with Crippen LogP contribution in [0.5, 0.6) is 0 Å². The lowest BCUT2D eigenvalue weighted by Gasteiger charge is -1.84. The molecule has 0 amide bonds. The second kappa shape index (κ2) is 3.43. The molecule has 2 heteroatoms. The Morgan fingerprint density at radius 1 is 1.86 bits per heavy atom. The first-order valence-corrected chi connectivity index (χ1v) is 1.90. The molecule has 0 rings (SSSR count). The molecule has 1 N–H and O–H groups in total.